The Hall–Kier alpha value is -2.22. The molecule has 0 N–H and O–H groups in total. The molecule has 0 bridgehead atoms. The van der Waals surface area contributed by atoms with Crippen LogP contribution in [-0.4, -0.2) is 6.88 Å². The number of hydrogen-bond donors (Lipinski definition) is 0. The first-order valence-corrected chi connectivity index (χ1v) is 22.8. The predicted molar refractivity (Wildman–Crippen MR) is 247 cm³/mol. The summed E-state index contributed by atoms with van der Waals surface area (Å²) in [4.78, 5) is 0. The third-order valence-electron chi connectivity index (χ3n) is 9.74. The fourth-order valence-corrected chi connectivity index (χ4v) is 7.15. The Morgan fingerprint density at radius 2 is 0.852 bits per heavy atom. The van der Waals surface area contributed by atoms with Crippen LogP contribution in [0.4, 0.5) is 0 Å². The molecule has 0 aliphatic heterocycles. The van der Waals surface area contributed by atoms with Crippen molar-refractivity contribution >= 4 is 53.2 Å². The van der Waals surface area contributed by atoms with Crippen LogP contribution in [0.5, 0.6) is 0 Å². The average molecular weight is 857 g/mol. The van der Waals surface area contributed by atoms with Crippen molar-refractivity contribution in [3.8, 4) is 22.3 Å². The van der Waals surface area contributed by atoms with Gasteiger partial charge >= 0.3 is 30.2 Å². The minimum atomic E-state index is 0. The van der Waals surface area contributed by atoms with E-state index < -0.39 is 0 Å². The maximum atomic E-state index is 3.49. The van der Waals surface area contributed by atoms with E-state index in [4.69, 9.17) is 0 Å². The molecule has 0 aliphatic rings. The van der Waals surface area contributed by atoms with Gasteiger partial charge < -0.3 is 14.4 Å². The van der Waals surface area contributed by atoms with Crippen LogP contribution in [0.1, 0.15) is 128 Å². The van der Waals surface area contributed by atoms with Gasteiger partial charge in [0.2, 0.25) is 0 Å². The summed E-state index contributed by atoms with van der Waals surface area (Å²) in [5, 5.41) is 5.54. The zero-order chi connectivity index (χ0) is 38.3. The van der Waals surface area contributed by atoms with Gasteiger partial charge in [0.15, 0.2) is 0 Å². The molecule has 292 valence electrons. The summed E-state index contributed by atoms with van der Waals surface area (Å²) < 4.78 is 0. The molecule has 0 spiro atoms. The third-order valence-corrected chi connectivity index (χ3v) is 9.74. The zero-order valence-corrected chi connectivity index (χ0v) is 40.7. The van der Waals surface area contributed by atoms with E-state index in [0.29, 0.717) is 11.8 Å². The quantitative estimate of drug-likeness (QED) is 0.122. The number of hydrogen-bond acceptors (Lipinski definition) is 0. The molecule has 2 radical (unpaired) electrons. The molecule has 0 amide bonds. The fraction of sp³-hybridized carbons (Fsp3) is 0.360. The number of rotatable bonds is 4. The molecule has 0 saturated carbocycles. The van der Waals surface area contributed by atoms with Gasteiger partial charge in [-0.15, -0.1) is 93.9 Å². The van der Waals surface area contributed by atoms with E-state index in [1.54, 1.807) is 0 Å². The van der Waals surface area contributed by atoms with Crippen LogP contribution in [0, 0.1) is 28.2 Å². The van der Waals surface area contributed by atoms with E-state index in [1.165, 1.54) is 101 Å². The van der Waals surface area contributed by atoms with Crippen LogP contribution in [0.3, 0.4) is 0 Å². The molecule has 0 aliphatic carbocycles. The Bertz CT molecular complexity index is 1850. The molecule has 0 atom stereocenters. The number of halogens is 2. The summed E-state index contributed by atoms with van der Waals surface area (Å²) in [5.41, 5.74) is 14.3. The molecule has 6 aromatic carbocycles. The third kappa shape index (κ3) is 12.4. The van der Waals surface area contributed by atoms with E-state index in [-0.39, 0.29) is 43.1 Å². The Morgan fingerprint density at radius 1 is 0.574 bits per heavy atom. The van der Waals surface area contributed by atoms with E-state index in [2.05, 4.69) is 194 Å². The van der Waals surface area contributed by atoms with Gasteiger partial charge in [0.1, 0.15) is 0 Å². The van der Waals surface area contributed by atoms with Gasteiger partial charge in [-0.1, -0.05) is 162 Å². The van der Waals surface area contributed by atoms with Crippen molar-refractivity contribution < 1.29 is 23.3 Å². The normalized spacial score (nSPS) is 10.9. The van der Waals surface area contributed by atoms with Crippen molar-refractivity contribution in [1.29, 1.82) is 0 Å². The summed E-state index contributed by atoms with van der Waals surface area (Å²) in [5.74, 6) is 1.15. The number of benzene rings is 4. The summed E-state index contributed by atoms with van der Waals surface area (Å²) in [6.45, 7) is 35.9. The topological polar surface area (TPSA) is 0 Å². The number of fused-ring (bicyclic) bond motifs is 2. The molecule has 6 rings (SSSR count). The Morgan fingerprint density at radius 3 is 1.09 bits per heavy atom. The van der Waals surface area contributed by atoms with Crippen LogP contribution in [0.2, 0.25) is 0 Å². The van der Waals surface area contributed by atoms with Crippen LogP contribution in [0.25, 0.3) is 43.8 Å². The van der Waals surface area contributed by atoms with Gasteiger partial charge in [0.25, 0.3) is 0 Å². The first-order valence-electron chi connectivity index (χ1n) is 18.6. The summed E-state index contributed by atoms with van der Waals surface area (Å²) in [6.07, 6.45) is 1.00. The van der Waals surface area contributed by atoms with Crippen LogP contribution < -0.4 is 0 Å². The molecular formula is C50H66Cl2SiZr-4. The first kappa shape index (κ1) is 51.8. The summed E-state index contributed by atoms with van der Waals surface area (Å²) in [6, 6.07) is 36.2. The zero-order valence-electron chi connectivity index (χ0n) is 35.6. The van der Waals surface area contributed by atoms with Crippen molar-refractivity contribution in [3.05, 3.63) is 145 Å². The van der Waals surface area contributed by atoms with Crippen molar-refractivity contribution in [1.82, 2.24) is 0 Å². The Balaban J connectivity index is 0.000000886. The molecule has 0 fully saturated rings. The summed E-state index contributed by atoms with van der Waals surface area (Å²) >= 11 is 1.36. The van der Waals surface area contributed by atoms with Crippen LogP contribution in [0.15, 0.2) is 97.1 Å². The minimum absolute atomic E-state index is 0. The fourth-order valence-electron chi connectivity index (χ4n) is 7.15. The predicted octanol–water partition coefficient (Wildman–Crippen LogP) is 16.1. The molecule has 4 heteroatoms. The molecule has 6 aromatic rings. The summed E-state index contributed by atoms with van der Waals surface area (Å²) in [7, 11) is 0. The Labute approximate surface area is 360 Å². The standard InChI is InChI=1S/2C23H27.C3H7.CH3.2ClH.Si.Zr/c2*1-15(2)17-10-12-18(13-11-17)20-9-7-8-19-14-21(23(4,5)6)16(3)22(19)20;1-3-2;;;;;/h2*7-15H,1-6H3;1,3H2,2H3;1H3;2*1H;;/q4*-1;;;;. The number of aryl methyl sites for hydroxylation is 2. The van der Waals surface area contributed by atoms with E-state index in [1.807, 2.05) is 6.92 Å². The molecule has 54 heavy (non-hydrogen) atoms. The molecular weight excluding hydrogens is 791 g/mol. The maximum absolute atomic E-state index is 3.49. The first-order chi connectivity index (χ1) is 24.0. The molecule has 0 nitrogen and oxygen atoms in total. The van der Waals surface area contributed by atoms with Gasteiger partial charge in [-0.3, -0.25) is 0 Å². The van der Waals surface area contributed by atoms with Gasteiger partial charge in [-0.05, 0) is 44.9 Å². The van der Waals surface area contributed by atoms with Gasteiger partial charge in [-0.25, -0.2) is 0 Å². The second kappa shape index (κ2) is 22.5. The van der Waals surface area contributed by atoms with Crippen molar-refractivity contribution in [2.24, 2.45) is 0 Å². The Kier molecular flexibility index (Phi) is 21.6. The molecule has 0 aromatic heterocycles. The van der Waals surface area contributed by atoms with E-state index in [9.17, 15) is 0 Å². The monoisotopic (exact) mass is 854 g/mol. The van der Waals surface area contributed by atoms with E-state index in [0.717, 1.165) is 6.42 Å². The second-order valence-corrected chi connectivity index (χ2v) is 16.5. The molecule has 0 saturated heterocycles. The SMILES string of the molecule is Cc1c(C(C)(C)C)[cH-]c2cccc(-c3ccc(C(C)C)cc3)c12.Cc1c(C(C)(C)C)[cH-]c2cccc(-c3ccc(C(C)C)cc3)c12.Cl.Cl.[CH2-]CC.[CH3-].[Si]=[Zr]. The molecule has 0 unspecified atom stereocenters. The van der Waals surface area contributed by atoms with Gasteiger partial charge in [0.05, 0.1) is 0 Å². The molecule has 0 heterocycles. The second-order valence-electron chi connectivity index (χ2n) is 16.5. The van der Waals surface area contributed by atoms with Crippen LogP contribution >= 0.6 is 24.8 Å². The van der Waals surface area contributed by atoms with Crippen molar-refractivity contribution in [3.63, 3.8) is 0 Å². The van der Waals surface area contributed by atoms with Gasteiger partial charge in [-0.2, -0.15) is 17.5 Å². The average Bonchev–Trinajstić information content (AvgIpc) is 3.63. The van der Waals surface area contributed by atoms with Gasteiger partial charge in [0, 0.05) is 0 Å². The van der Waals surface area contributed by atoms with Crippen molar-refractivity contribution in [2.75, 3.05) is 0 Å². The van der Waals surface area contributed by atoms with Crippen molar-refractivity contribution in [2.45, 2.75) is 119 Å². The van der Waals surface area contributed by atoms with E-state index >= 15 is 0 Å². The van der Waals surface area contributed by atoms with Crippen LogP contribution in [-0.2, 0) is 34.2 Å².